The van der Waals surface area contributed by atoms with Crippen molar-refractivity contribution in [2.24, 2.45) is 0 Å². The summed E-state index contributed by atoms with van der Waals surface area (Å²) in [7, 11) is 0. The standard InChI is InChI=1S/C66H47GeN3O/c1-7-21-48(22-8-1)67(49-23-9-2-10-24-49,50-25-11-3-12-26-50)51-35-42-64-60(45-51)62-47-56(39-44-66(62)70(64)53-29-15-5-16-30-53)68(54-36-40-58(41-37-54)71-57-31-17-6-18-32-57)55-38-43-65-61(46-55)59-33-19-20-34-63(59)69(65)52-27-13-4-14-28-52/h1-47H. The third-order valence-corrected chi connectivity index (χ3v) is 24.1. The minimum atomic E-state index is -3.64. The van der Waals surface area contributed by atoms with E-state index >= 15 is 0 Å². The number of fused-ring (bicyclic) bond motifs is 6. The van der Waals surface area contributed by atoms with Gasteiger partial charge in [-0.2, -0.15) is 0 Å². The summed E-state index contributed by atoms with van der Waals surface area (Å²) in [5.41, 5.74) is 10.0. The number of hydrogen-bond donors (Lipinski definition) is 0. The van der Waals surface area contributed by atoms with Gasteiger partial charge in [0, 0.05) is 5.69 Å². The first-order chi connectivity index (χ1) is 35.2. The third kappa shape index (κ3) is 7.31. The molecular formula is C66H47GeN3O. The zero-order valence-electron chi connectivity index (χ0n) is 38.9. The molecule has 0 aliphatic heterocycles. The molecule has 71 heavy (non-hydrogen) atoms. The average molecular weight is 971 g/mol. The number of benzene rings is 11. The van der Waals surface area contributed by atoms with Crippen molar-refractivity contribution in [2.75, 3.05) is 4.90 Å². The van der Waals surface area contributed by atoms with Crippen LogP contribution < -0.4 is 27.2 Å². The van der Waals surface area contributed by atoms with E-state index in [1.807, 2.05) is 30.3 Å². The van der Waals surface area contributed by atoms with E-state index in [2.05, 4.69) is 269 Å². The summed E-state index contributed by atoms with van der Waals surface area (Å²) in [6.45, 7) is 0. The molecule has 11 aromatic carbocycles. The number of rotatable bonds is 11. The Morgan fingerprint density at radius 2 is 0.634 bits per heavy atom. The second-order valence-electron chi connectivity index (χ2n) is 18.1. The van der Waals surface area contributed by atoms with Crippen molar-refractivity contribution in [1.82, 2.24) is 9.13 Å². The monoisotopic (exact) mass is 971 g/mol. The van der Waals surface area contributed by atoms with Crippen molar-refractivity contribution in [3.8, 4) is 22.9 Å². The van der Waals surface area contributed by atoms with Crippen LogP contribution in [0, 0.1) is 0 Å². The Labute approximate surface area is 415 Å². The number of aromatic nitrogens is 2. The Bertz CT molecular complexity index is 3890. The topological polar surface area (TPSA) is 22.3 Å². The number of hydrogen-bond acceptors (Lipinski definition) is 2. The molecule has 0 aliphatic carbocycles. The molecule has 0 bridgehead atoms. The van der Waals surface area contributed by atoms with Crippen molar-refractivity contribution in [3.05, 3.63) is 285 Å². The van der Waals surface area contributed by atoms with E-state index < -0.39 is 13.3 Å². The van der Waals surface area contributed by atoms with E-state index in [1.54, 1.807) is 0 Å². The van der Waals surface area contributed by atoms with Crippen molar-refractivity contribution in [2.45, 2.75) is 0 Å². The minimum Gasteiger partial charge on any atom is -0.0586 e. The van der Waals surface area contributed by atoms with Gasteiger partial charge in [0.2, 0.25) is 0 Å². The number of ether oxygens (including phenoxy) is 1. The van der Waals surface area contributed by atoms with Crippen molar-refractivity contribution >= 4 is 91.5 Å². The van der Waals surface area contributed by atoms with Crippen LogP contribution in [-0.4, -0.2) is 22.4 Å². The van der Waals surface area contributed by atoms with Crippen LogP contribution in [0.25, 0.3) is 55.0 Å². The van der Waals surface area contributed by atoms with Gasteiger partial charge in [0.05, 0.1) is 0 Å². The summed E-state index contributed by atoms with van der Waals surface area (Å²) in [4.78, 5) is 2.40. The van der Waals surface area contributed by atoms with Crippen molar-refractivity contribution < 1.29 is 4.74 Å². The normalized spacial score (nSPS) is 11.7. The van der Waals surface area contributed by atoms with E-state index in [0.29, 0.717) is 0 Å². The molecule has 0 amide bonds. The summed E-state index contributed by atoms with van der Waals surface area (Å²) >= 11 is -3.64. The molecule has 0 saturated carbocycles. The summed E-state index contributed by atoms with van der Waals surface area (Å²) in [6, 6.07) is 104. The maximum absolute atomic E-state index is 6.34. The second kappa shape index (κ2) is 17.9. The van der Waals surface area contributed by atoms with Crippen LogP contribution in [-0.2, 0) is 0 Å². The Morgan fingerprint density at radius 1 is 0.268 bits per heavy atom. The average Bonchev–Trinajstić information content (AvgIpc) is 3.95. The first-order valence-corrected chi connectivity index (χ1v) is 28.4. The first kappa shape index (κ1) is 42.3. The quantitative estimate of drug-likeness (QED) is 0.121. The van der Waals surface area contributed by atoms with Crippen LogP contribution in [0.5, 0.6) is 11.5 Å². The molecule has 2 aromatic heterocycles. The number of para-hydroxylation sites is 4. The predicted octanol–water partition coefficient (Wildman–Crippen LogP) is 14.5. The van der Waals surface area contributed by atoms with Gasteiger partial charge in [0.1, 0.15) is 5.75 Å². The molecule has 0 fully saturated rings. The van der Waals surface area contributed by atoms with E-state index in [-0.39, 0.29) is 0 Å². The molecule has 0 unspecified atom stereocenters. The molecule has 336 valence electrons. The third-order valence-electron chi connectivity index (χ3n) is 14.1. The number of anilines is 3. The zero-order chi connectivity index (χ0) is 47.1. The largest absolute Gasteiger partial charge is 0.0586 e. The van der Waals surface area contributed by atoms with Crippen LogP contribution in [0.3, 0.4) is 0 Å². The Morgan fingerprint density at radius 3 is 1.14 bits per heavy atom. The summed E-state index contributed by atoms with van der Waals surface area (Å²) < 4.78 is 16.7. The van der Waals surface area contributed by atoms with Gasteiger partial charge in [-0.15, -0.1) is 0 Å². The SMILES string of the molecule is c1ccc(Oc2ccc(N(c3ccc4c(c3)c3ccccc3n4-c3ccccc3)c3ccc4c(c3)c3c[c]([Ge]([c]5ccccc5)([c]5ccccc5)[c]5ccccc5)ccc3n4-c3ccccc3)cc2)cc1. The molecule has 13 aromatic rings. The molecular weight excluding hydrogens is 923 g/mol. The van der Waals surface area contributed by atoms with Gasteiger partial charge in [-0.25, -0.2) is 0 Å². The molecule has 0 spiro atoms. The molecule has 2 heterocycles. The smallest absolute Gasteiger partial charge is 0.0193 e. The predicted molar refractivity (Wildman–Crippen MR) is 300 cm³/mol. The summed E-state index contributed by atoms with van der Waals surface area (Å²) in [5.74, 6) is 1.58. The van der Waals surface area contributed by atoms with Crippen LogP contribution in [0.2, 0.25) is 0 Å². The molecule has 0 radical (unpaired) electrons. The maximum Gasteiger partial charge on any atom is -0.0193 e. The van der Waals surface area contributed by atoms with E-state index in [9.17, 15) is 0 Å². The molecule has 0 atom stereocenters. The maximum atomic E-state index is 6.34. The van der Waals surface area contributed by atoms with E-state index in [1.165, 1.54) is 50.2 Å². The minimum absolute atomic E-state index is 0.777. The summed E-state index contributed by atoms with van der Waals surface area (Å²) in [5, 5.41) is 4.80. The van der Waals surface area contributed by atoms with Gasteiger partial charge < -0.3 is 0 Å². The van der Waals surface area contributed by atoms with Gasteiger partial charge in [-0.05, 0) is 30.3 Å². The van der Waals surface area contributed by atoms with Crippen molar-refractivity contribution in [3.63, 3.8) is 0 Å². The fourth-order valence-corrected chi connectivity index (χ4v) is 21.0. The van der Waals surface area contributed by atoms with E-state index in [4.69, 9.17) is 4.74 Å². The molecule has 0 aliphatic rings. The van der Waals surface area contributed by atoms with Crippen LogP contribution in [0.15, 0.2) is 285 Å². The van der Waals surface area contributed by atoms with Crippen LogP contribution in [0.1, 0.15) is 0 Å². The Balaban J connectivity index is 1.06. The second-order valence-corrected chi connectivity index (χ2v) is 26.1. The molecule has 4 nitrogen and oxygen atoms in total. The first-order valence-electron chi connectivity index (χ1n) is 24.2. The summed E-state index contributed by atoms with van der Waals surface area (Å²) in [6.07, 6.45) is 0. The fraction of sp³-hybridized carbons (Fsp3) is 0. The van der Waals surface area contributed by atoms with Gasteiger partial charge in [-0.1, -0.05) is 48.5 Å². The molecule has 5 heteroatoms. The number of nitrogens with zero attached hydrogens (tertiary/aromatic N) is 3. The van der Waals surface area contributed by atoms with Crippen LogP contribution in [0.4, 0.5) is 17.1 Å². The fourth-order valence-electron chi connectivity index (χ4n) is 11.0. The zero-order valence-corrected chi connectivity index (χ0v) is 41.0. The molecule has 0 saturated heterocycles. The van der Waals surface area contributed by atoms with E-state index in [0.717, 1.165) is 51.0 Å². The molecule has 0 N–H and O–H groups in total. The molecule has 13 rings (SSSR count). The van der Waals surface area contributed by atoms with Gasteiger partial charge in [-0.3, -0.25) is 0 Å². The van der Waals surface area contributed by atoms with Gasteiger partial charge in [0.25, 0.3) is 0 Å². The Hall–Kier alpha value is -8.84. The van der Waals surface area contributed by atoms with Crippen LogP contribution >= 0.6 is 0 Å². The van der Waals surface area contributed by atoms with Gasteiger partial charge >= 0.3 is 328 Å². The Kier molecular flexibility index (Phi) is 10.7. The van der Waals surface area contributed by atoms with Gasteiger partial charge in [0.15, 0.2) is 0 Å². The van der Waals surface area contributed by atoms with Crippen molar-refractivity contribution in [1.29, 1.82) is 0 Å².